The number of benzene rings is 2. The second-order valence-corrected chi connectivity index (χ2v) is 5.96. The molecule has 0 N–H and O–H groups in total. The van der Waals surface area contributed by atoms with Crippen molar-refractivity contribution in [1.29, 1.82) is 5.26 Å². The van der Waals surface area contributed by atoms with E-state index in [1.54, 1.807) is 0 Å². The summed E-state index contributed by atoms with van der Waals surface area (Å²) in [5, 5.41) is 8.52. The van der Waals surface area contributed by atoms with Crippen molar-refractivity contribution in [2.24, 2.45) is 0 Å². The van der Waals surface area contributed by atoms with Crippen LogP contribution in [-0.4, -0.2) is 0 Å². The minimum Gasteiger partial charge on any atom is -0.192 e. The molecule has 0 atom stereocenters. The lowest BCUT2D eigenvalue weighted by atomic mass is 10.0. The Morgan fingerprint density at radius 2 is 1.38 bits per heavy atom. The van der Waals surface area contributed by atoms with Crippen LogP contribution in [0.15, 0.2) is 48.5 Å². The van der Waals surface area contributed by atoms with E-state index in [-0.39, 0.29) is 0 Å². The third kappa shape index (κ3) is 5.83. The average Bonchev–Trinajstić information content (AvgIpc) is 2.48. The molecule has 0 aliphatic carbocycles. The smallest absolute Gasteiger partial charge is 0.0991 e. The Hall–Kier alpha value is -2.07. The van der Waals surface area contributed by atoms with Crippen LogP contribution in [-0.2, 0) is 0 Å². The van der Waals surface area contributed by atoms with Gasteiger partial charge in [-0.1, -0.05) is 69.7 Å². The van der Waals surface area contributed by atoms with Crippen molar-refractivity contribution in [3.05, 3.63) is 70.8 Å². The van der Waals surface area contributed by atoms with Gasteiger partial charge in [0.2, 0.25) is 0 Å². The highest BCUT2D eigenvalue weighted by Crippen LogP contribution is 2.15. The number of hydrogen-bond donors (Lipinski definition) is 0. The fourth-order valence-corrected chi connectivity index (χ4v) is 1.97. The normalized spacial score (nSPS) is 10.0. The summed E-state index contributed by atoms with van der Waals surface area (Å²) < 4.78 is 0. The van der Waals surface area contributed by atoms with Crippen LogP contribution in [0.25, 0.3) is 0 Å². The first-order valence-corrected chi connectivity index (χ1v) is 7.50. The van der Waals surface area contributed by atoms with Gasteiger partial charge >= 0.3 is 0 Å². The quantitative estimate of drug-likeness (QED) is 0.681. The van der Waals surface area contributed by atoms with E-state index in [1.165, 1.54) is 16.7 Å². The lowest BCUT2D eigenvalue weighted by Crippen LogP contribution is -1.86. The highest BCUT2D eigenvalue weighted by atomic mass is 14.2. The van der Waals surface area contributed by atoms with E-state index in [4.69, 9.17) is 5.26 Å². The maximum atomic E-state index is 8.52. The molecule has 0 spiro atoms. The van der Waals surface area contributed by atoms with Crippen LogP contribution in [0.5, 0.6) is 0 Å². The van der Waals surface area contributed by atoms with Gasteiger partial charge < -0.3 is 0 Å². The van der Waals surface area contributed by atoms with E-state index in [9.17, 15) is 0 Å². The van der Waals surface area contributed by atoms with E-state index in [0.29, 0.717) is 11.8 Å². The molecule has 1 nitrogen and oxygen atoms in total. The maximum absolute atomic E-state index is 8.52. The molecule has 0 aliphatic rings. The van der Waals surface area contributed by atoms with Crippen molar-refractivity contribution in [2.45, 2.75) is 46.5 Å². The highest BCUT2D eigenvalue weighted by molar-refractivity contribution is 5.32. The number of nitriles is 1. The van der Waals surface area contributed by atoms with Gasteiger partial charge in [0, 0.05) is 0 Å². The first-order chi connectivity index (χ1) is 9.93. The summed E-state index contributed by atoms with van der Waals surface area (Å²) in [4.78, 5) is 0. The van der Waals surface area contributed by atoms with Crippen molar-refractivity contribution in [2.75, 3.05) is 0 Å². The van der Waals surface area contributed by atoms with Crippen LogP contribution in [0, 0.1) is 18.3 Å². The molecule has 2 rings (SSSR count). The standard InChI is InChI=1S/C10H11N.C10H14/c1-8(2)10-5-3-9(7-11)4-6-10;1-8(2)10-6-4-5-9(3)7-10/h3-6,8H,1-2H3;4-8H,1-3H3. The zero-order chi connectivity index (χ0) is 15.8. The number of nitrogens with zero attached hydrogens (tertiary/aromatic N) is 1. The monoisotopic (exact) mass is 279 g/mol. The minimum absolute atomic E-state index is 0.544. The topological polar surface area (TPSA) is 23.8 Å². The number of aryl methyl sites for hydroxylation is 1. The van der Waals surface area contributed by atoms with Crippen LogP contribution >= 0.6 is 0 Å². The molecule has 0 saturated heterocycles. The van der Waals surface area contributed by atoms with E-state index in [2.05, 4.69) is 65.0 Å². The number of hydrogen-bond acceptors (Lipinski definition) is 1. The van der Waals surface area contributed by atoms with Crippen LogP contribution in [0.4, 0.5) is 0 Å². The first kappa shape index (κ1) is 17.0. The molecular formula is C20H25N. The van der Waals surface area contributed by atoms with Crippen molar-refractivity contribution in [3.8, 4) is 6.07 Å². The molecule has 0 aliphatic heterocycles. The Morgan fingerprint density at radius 3 is 1.76 bits per heavy atom. The zero-order valence-electron chi connectivity index (χ0n) is 13.7. The molecule has 0 unspecified atom stereocenters. The summed E-state index contributed by atoms with van der Waals surface area (Å²) in [5.74, 6) is 1.20. The van der Waals surface area contributed by atoms with Crippen LogP contribution < -0.4 is 0 Å². The average molecular weight is 279 g/mol. The summed E-state index contributed by atoms with van der Waals surface area (Å²) >= 11 is 0. The Balaban J connectivity index is 0.000000211. The fraction of sp³-hybridized carbons (Fsp3) is 0.350. The zero-order valence-corrected chi connectivity index (χ0v) is 13.7. The summed E-state index contributed by atoms with van der Waals surface area (Å²) in [6, 6.07) is 18.5. The molecule has 0 radical (unpaired) electrons. The van der Waals surface area contributed by atoms with E-state index >= 15 is 0 Å². The molecule has 1 heteroatoms. The second-order valence-electron chi connectivity index (χ2n) is 5.96. The van der Waals surface area contributed by atoms with Gasteiger partial charge in [-0.05, 0) is 42.0 Å². The summed E-state index contributed by atoms with van der Waals surface area (Å²) in [5.41, 5.74) is 4.80. The Bertz CT molecular complexity index is 586. The largest absolute Gasteiger partial charge is 0.192 e. The minimum atomic E-state index is 0.544. The van der Waals surface area contributed by atoms with Gasteiger partial charge in [-0.25, -0.2) is 0 Å². The van der Waals surface area contributed by atoms with Gasteiger partial charge in [-0.3, -0.25) is 0 Å². The fourth-order valence-electron chi connectivity index (χ4n) is 1.97. The van der Waals surface area contributed by atoms with Gasteiger partial charge in [-0.2, -0.15) is 5.26 Å². The predicted molar refractivity (Wildman–Crippen MR) is 90.5 cm³/mol. The van der Waals surface area contributed by atoms with Crippen molar-refractivity contribution in [3.63, 3.8) is 0 Å². The van der Waals surface area contributed by atoms with Crippen molar-refractivity contribution < 1.29 is 0 Å². The summed E-state index contributed by atoms with van der Waals surface area (Å²) in [7, 11) is 0. The van der Waals surface area contributed by atoms with Gasteiger partial charge in [0.05, 0.1) is 11.6 Å². The molecule has 0 aromatic heterocycles. The third-order valence-electron chi connectivity index (χ3n) is 3.42. The van der Waals surface area contributed by atoms with Crippen LogP contribution in [0.2, 0.25) is 0 Å². The van der Waals surface area contributed by atoms with E-state index < -0.39 is 0 Å². The van der Waals surface area contributed by atoms with Gasteiger partial charge in [0.15, 0.2) is 0 Å². The molecule has 0 heterocycles. The molecule has 2 aromatic rings. The van der Waals surface area contributed by atoms with Gasteiger partial charge in [-0.15, -0.1) is 0 Å². The molecule has 21 heavy (non-hydrogen) atoms. The van der Waals surface area contributed by atoms with Crippen molar-refractivity contribution in [1.82, 2.24) is 0 Å². The Labute approximate surface area is 129 Å². The van der Waals surface area contributed by atoms with E-state index in [1.807, 2.05) is 24.3 Å². The van der Waals surface area contributed by atoms with Crippen LogP contribution in [0.3, 0.4) is 0 Å². The van der Waals surface area contributed by atoms with Crippen molar-refractivity contribution >= 4 is 0 Å². The summed E-state index contributed by atoms with van der Waals surface area (Å²) in [6.07, 6.45) is 0. The molecule has 0 saturated carbocycles. The lowest BCUT2D eigenvalue weighted by molar-refractivity contribution is 0.865. The molecule has 0 amide bonds. The third-order valence-corrected chi connectivity index (χ3v) is 3.42. The maximum Gasteiger partial charge on any atom is 0.0991 e. The molecule has 0 bridgehead atoms. The highest BCUT2D eigenvalue weighted by Gasteiger charge is 1.97. The second kappa shape index (κ2) is 8.27. The van der Waals surface area contributed by atoms with Gasteiger partial charge in [0.1, 0.15) is 0 Å². The molecular weight excluding hydrogens is 254 g/mol. The number of rotatable bonds is 2. The molecule has 0 fully saturated rings. The first-order valence-electron chi connectivity index (χ1n) is 7.50. The SMILES string of the molecule is CC(C)c1ccc(C#N)cc1.Cc1cccc(C(C)C)c1. The predicted octanol–water partition coefficient (Wildman–Crippen LogP) is 5.80. The van der Waals surface area contributed by atoms with Gasteiger partial charge in [0.25, 0.3) is 0 Å². The van der Waals surface area contributed by atoms with Crippen LogP contribution in [0.1, 0.15) is 61.8 Å². The summed E-state index contributed by atoms with van der Waals surface area (Å²) in [6.45, 7) is 10.8. The van der Waals surface area contributed by atoms with E-state index in [0.717, 1.165) is 5.56 Å². The molecule has 110 valence electrons. The lowest BCUT2D eigenvalue weighted by Gasteiger charge is -2.04. The molecule has 2 aromatic carbocycles. The Kier molecular flexibility index (Phi) is 6.69. The Morgan fingerprint density at radius 1 is 0.810 bits per heavy atom.